The van der Waals surface area contributed by atoms with E-state index in [2.05, 4.69) is 41.3 Å². The number of benzene rings is 4. The van der Waals surface area contributed by atoms with E-state index in [1.807, 2.05) is 72.8 Å². The first kappa shape index (κ1) is 22.6. The molecule has 4 heteroatoms. The molecule has 0 spiro atoms. The van der Waals surface area contributed by atoms with Crippen molar-refractivity contribution < 1.29 is 5.11 Å². The molecule has 0 atom stereocenters. The SMILES string of the molecule is OC1(c2ccccc2)CCN(Cc2ccc(-c3nc4ccccc4nc3-c3ccccc3)cc2)CC1. The zero-order chi connectivity index (χ0) is 24.4. The van der Waals surface area contributed by atoms with Gasteiger partial charge in [0.05, 0.1) is 28.0 Å². The maximum atomic E-state index is 11.1. The Bertz CT molecular complexity index is 1460. The van der Waals surface area contributed by atoms with Crippen molar-refractivity contribution in [3.8, 4) is 22.5 Å². The molecule has 0 bridgehead atoms. The van der Waals surface area contributed by atoms with Gasteiger partial charge in [-0.1, -0.05) is 97.1 Å². The quantitative estimate of drug-likeness (QED) is 0.320. The summed E-state index contributed by atoms with van der Waals surface area (Å²) in [4.78, 5) is 12.4. The van der Waals surface area contributed by atoms with E-state index in [1.54, 1.807) is 0 Å². The second kappa shape index (κ2) is 9.65. The van der Waals surface area contributed by atoms with Crippen molar-refractivity contribution in [1.29, 1.82) is 0 Å². The van der Waals surface area contributed by atoms with Crippen LogP contribution in [0.5, 0.6) is 0 Å². The second-order valence-corrected chi connectivity index (χ2v) is 9.65. The second-order valence-electron chi connectivity index (χ2n) is 9.65. The zero-order valence-corrected chi connectivity index (χ0v) is 20.2. The minimum absolute atomic E-state index is 0.718. The van der Waals surface area contributed by atoms with E-state index in [-0.39, 0.29) is 0 Å². The highest BCUT2D eigenvalue weighted by atomic mass is 16.3. The Morgan fingerprint density at radius 2 is 1.11 bits per heavy atom. The van der Waals surface area contributed by atoms with Crippen LogP contribution >= 0.6 is 0 Å². The predicted molar refractivity (Wildman–Crippen MR) is 145 cm³/mol. The first-order chi connectivity index (χ1) is 17.7. The third kappa shape index (κ3) is 4.53. The Balaban J connectivity index is 1.22. The molecule has 1 fully saturated rings. The van der Waals surface area contributed by atoms with Gasteiger partial charge in [-0.3, -0.25) is 4.90 Å². The fourth-order valence-corrected chi connectivity index (χ4v) is 5.14. The molecular formula is C32H29N3O. The zero-order valence-electron chi connectivity index (χ0n) is 20.2. The van der Waals surface area contributed by atoms with Gasteiger partial charge in [-0.25, -0.2) is 9.97 Å². The highest BCUT2D eigenvalue weighted by Crippen LogP contribution is 2.34. The summed E-state index contributed by atoms with van der Waals surface area (Å²) in [5.41, 5.74) is 7.30. The maximum Gasteiger partial charge on any atom is 0.0973 e. The molecule has 1 aliphatic rings. The summed E-state index contributed by atoms with van der Waals surface area (Å²) in [6, 6.07) is 37.1. The van der Waals surface area contributed by atoms with Crippen LogP contribution in [0.25, 0.3) is 33.5 Å². The van der Waals surface area contributed by atoms with E-state index in [0.29, 0.717) is 0 Å². The van der Waals surface area contributed by atoms with Gasteiger partial charge in [0, 0.05) is 30.8 Å². The molecule has 2 heterocycles. The van der Waals surface area contributed by atoms with Crippen LogP contribution in [0.15, 0.2) is 109 Å². The molecule has 5 aromatic rings. The molecule has 0 saturated carbocycles. The molecule has 6 rings (SSSR count). The van der Waals surface area contributed by atoms with Gasteiger partial charge in [-0.15, -0.1) is 0 Å². The summed E-state index contributed by atoms with van der Waals surface area (Å²) in [7, 11) is 0. The van der Waals surface area contributed by atoms with Crippen molar-refractivity contribution in [2.24, 2.45) is 0 Å². The third-order valence-corrected chi connectivity index (χ3v) is 7.25. The van der Waals surface area contributed by atoms with Gasteiger partial charge in [-0.05, 0) is 36.1 Å². The van der Waals surface area contributed by atoms with Gasteiger partial charge >= 0.3 is 0 Å². The van der Waals surface area contributed by atoms with Crippen LogP contribution in [0.4, 0.5) is 0 Å². The Labute approximate surface area is 211 Å². The van der Waals surface area contributed by atoms with E-state index in [0.717, 1.165) is 71.6 Å². The minimum Gasteiger partial charge on any atom is -0.385 e. The molecule has 36 heavy (non-hydrogen) atoms. The Morgan fingerprint density at radius 3 is 1.69 bits per heavy atom. The molecule has 0 amide bonds. The first-order valence-corrected chi connectivity index (χ1v) is 12.6. The fraction of sp³-hybridized carbons (Fsp3) is 0.188. The number of hydrogen-bond donors (Lipinski definition) is 1. The van der Waals surface area contributed by atoms with Gasteiger partial charge in [0.2, 0.25) is 0 Å². The van der Waals surface area contributed by atoms with Crippen molar-refractivity contribution in [3.63, 3.8) is 0 Å². The van der Waals surface area contributed by atoms with Gasteiger partial charge in [-0.2, -0.15) is 0 Å². The number of aromatic nitrogens is 2. The highest BCUT2D eigenvalue weighted by Gasteiger charge is 2.33. The maximum absolute atomic E-state index is 11.1. The number of piperidine rings is 1. The van der Waals surface area contributed by atoms with Crippen LogP contribution < -0.4 is 0 Å². The van der Waals surface area contributed by atoms with Crippen LogP contribution in [0, 0.1) is 0 Å². The molecule has 0 aliphatic carbocycles. The van der Waals surface area contributed by atoms with Crippen molar-refractivity contribution in [1.82, 2.24) is 14.9 Å². The Hall–Kier alpha value is -3.86. The molecular weight excluding hydrogens is 442 g/mol. The number of aliphatic hydroxyl groups is 1. The van der Waals surface area contributed by atoms with E-state index < -0.39 is 5.60 Å². The van der Waals surface area contributed by atoms with Crippen LogP contribution in [0.2, 0.25) is 0 Å². The predicted octanol–water partition coefficient (Wildman–Crippen LogP) is 6.45. The number of likely N-dealkylation sites (tertiary alicyclic amines) is 1. The smallest absolute Gasteiger partial charge is 0.0973 e. The first-order valence-electron chi connectivity index (χ1n) is 12.6. The van der Waals surface area contributed by atoms with Gasteiger partial charge < -0.3 is 5.11 Å². The summed E-state index contributed by atoms with van der Waals surface area (Å²) >= 11 is 0. The van der Waals surface area contributed by atoms with E-state index >= 15 is 0 Å². The number of hydrogen-bond acceptors (Lipinski definition) is 4. The topological polar surface area (TPSA) is 49.2 Å². The molecule has 0 unspecified atom stereocenters. The van der Waals surface area contributed by atoms with Crippen molar-refractivity contribution in [2.75, 3.05) is 13.1 Å². The average molecular weight is 472 g/mol. The molecule has 4 nitrogen and oxygen atoms in total. The van der Waals surface area contributed by atoms with Crippen molar-refractivity contribution in [3.05, 3.63) is 120 Å². The van der Waals surface area contributed by atoms with Crippen LogP contribution in [0.3, 0.4) is 0 Å². The molecule has 178 valence electrons. The summed E-state index contributed by atoms with van der Waals surface area (Å²) in [6.07, 6.45) is 1.50. The average Bonchev–Trinajstić information content (AvgIpc) is 2.95. The normalized spacial score (nSPS) is 15.7. The molecule has 4 aromatic carbocycles. The number of para-hydroxylation sites is 2. The van der Waals surface area contributed by atoms with E-state index in [9.17, 15) is 5.11 Å². The van der Waals surface area contributed by atoms with Crippen LogP contribution in [-0.2, 0) is 12.1 Å². The highest BCUT2D eigenvalue weighted by molar-refractivity contribution is 5.86. The lowest BCUT2D eigenvalue weighted by atomic mass is 9.84. The molecule has 1 N–H and O–H groups in total. The molecule has 1 aromatic heterocycles. The van der Waals surface area contributed by atoms with Crippen LogP contribution in [0.1, 0.15) is 24.0 Å². The molecule has 1 saturated heterocycles. The lowest BCUT2D eigenvalue weighted by Gasteiger charge is -2.38. The van der Waals surface area contributed by atoms with E-state index in [1.165, 1.54) is 5.56 Å². The minimum atomic E-state index is -0.718. The standard InChI is InChI=1S/C32H29N3O/c36-32(27-11-5-2-6-12-27)19-21-35(22-20-32)23-24-15-17-26(18-16-24)31-30(25-9-3-1-4-10-25)33-28-13-7-8-14-29(28)34-31/h1-18,36H,19-23H2. The van der Waals surface area contributed by atoms with Gasteiger partial charge in [0.15, 0.2) is 0 Å². The van der Waals surface area contributed by atoms with Crippen molar-refractivity contribution >= 4 is 11.0 Å². The largest absolute Gasteiger partial charge is 0.385 e. The summed E-state index contributed by atoms with van der Waals surface area (Å²) in [5, 5.41) is 11.1. The van der Waals surface area contributed by atoms with E-state index in [4.69, 9.17) is 9.97 Å². The summed E-state index contributed by atoms with van der Waals surface area (Å²) in [6.45, 7) is 2.63. The summed E-state index contributed by atoms with van der Waals surface area (Å²) in [5.74, 6) is 0. The monoisotopic (exact) mass is 471 g/mol. The fourth-order valence-electron chi connectivity index (χ4n) is 5.14. The van der Waals surface area contributed by atoms with Crippen molar-refractivity contribution in [2.45, 2.75) is 25.0 Å². The summed E-state index contributed by atoms with van der Waals surface area (Å²) < 4.78 is 0. The lowest BCUT2D eigenvalue weighted by molar-refractivity contribution is -0.0277. The number of fused-ring (bicyclic) bond motifs is 1. The molecule has 1 aliphatic heterocycles. The number of rotatable bonds is 5. The Kier molecular flexibility index (Phi) is 6.06. The third-order valence-electron chi connectivity index (χ3n) is 7.25. The van der Waals surface area contributed by atoms with Gasteiger partial charge in [0.25, 0.3) is 0 Å². The lowest BCUT2D eigenvalue weighted by Crippen LogP contribution is -2.42. The molecule has 0 radical (unpaired) electrons. The van der Waals surface area contributed by atoms with Crippen LogP contribution in [-0.4, -0.2) is 33.1 Å². The Morgan fingerprint density at radius 1 is 0.611 bits per heavy atom. The number of nitrogens with zero attached hydrogens (tertiary/aromatic N) is 3. The van der Waals surface area contributed by atoms with Gasteiger partial charge in [0.1, 0.15) is 0 Å².